The van der Waals surface area contributed by atoms with Gasteiger partial charge in [0.05, 0.1) is 7.11 Å². The minimum absolute atomic E-state index is 0.0347. The van der Waals surface area contributed by atoms with Crippen LogP contribution in [0, 0.1) is 0 Å². The Morgan fingerprint density at radius 2 is 2.07 bits per heavy atom. The normalized spacial score (nSPS) is 16.3. The largest absolute Gasteiger partial charge is 0.467 e. The van der Waals surface area contributed by atoms with E-state index in [1.54, 1.807) is 0 Å². The summed E-state index contributed by atoms with van der Waals surface area (Å²) in [6, 6.07) is -0.854. The lowest BCUT2D eigenvalue weighted by atomic mass is 10.2. The van der Waals surface area contributed by atoms with Gasteiger partial charge in [0.2, 0.25) is 5.91 Å². The van der Waals surface area contributed by atoms with Gasteiger partial charge in [0, 0.05) is 19.8 Å². The van der Waals surface area contributed by atoms with Crippen LogP contribution in [0.1, 0.15) is 13.3 Å². The number of amides is 1. The van der Waals surface area contributed by atoms with Crippen molar-refractivity contribution in [2.45, 2.75) is 19.4 Å². The van der Waals surface area contributed by atoms with Crippen molar-refractivity contribution in [3.63, 3.8) is 0 Å². The van der Waals surface area contributed by atoms with Crippen molar-refractivity contribution in [1.29, 1.82) is 0 Å². The smallest absolute Gasteiger partial charge is 0.328 e. The SMILES string of the molecule is COC(=O)C(CCP(C)(=O)O)NC(C)=O. The monoisotopic (exact) mass is 237 g/mol. The van der Waals surface area contributed by atoms with Crippen molar-refractivity contribution in [1.82, 2.24) is 5.32 Å². The van der Waals surface area contributed by atoms with Crippen molar-refractivity contribution >= 4 is 19.2 Å². The summed E-state index contributed by atoms with van der Waals surface area (Å²) in [4.78, 5) is 31.0. The third kappa shape index (κ3) is 7.11. The predicted octanol–water partition coefficient (Wildman–Crippen LogP) is -0.0456. The lowest BCUT2D eigenvalue weighted by Crippen LogP contribution is -2.40. The molecule has 0 rings (SSSR count). The molecule has 0 saturated heterocycles. The summed E-state index contributed by atoms with van der Waals surface area (Å²) in [5.74, 6) is -0.993. The van der Waals surface area contributed by atoms with Gasteiger partial charge in [-0.2, -0.15) is 0 Å². The van der Waals surface area contributed by atoms with Gasteiger partial charge in [-0.05, 0) is 6.42 Å². The Labute approximate surface area is 88.5 Å². The molecule has 0 spiro atoms. The third-order valence-corrected chi connectivity index (χ3v) is 2.78. The van der Waals surface area contributed by atoms with Gasteiger partial charge in [-0.3, -0.25) is 9.36 Å². The highest BCUT2D eigenvalue weighted by Gasteiger charge is 2.22. The van der Waals surface area contributed by atoms with Crippen LogP contribution in [-0.4, -0.2) is 42.7 Å². The highest BCUT2D eigenvalue weighted by atomic mass is 31.2. The molecule has 2 N–H and O–H groups in total. The molecule has 0 aromatic heterocycles. The van der Waals surface area contributed by atoms with Gasteiger partial charge in [-0.1, -0.05) is 0 Å². The van der Waals surface area contributed by atoms with Crippen LogP contribution in [0.15, 0.2) is 0 Å². The van der Waals surface area contributed by atoms with Crippen molar-refractivity contribution < 1.29 is 23.8 Å². The van der Waals surface area contributed by atoms with Crippen LogP contribution in [0.5, 0.6) is 0 Å². The van der Waals surface area contributed by atoms with Gasteiger partial charge < -0.3 is 14.9 Å². The highest BCUT2D eigenvalue weighted by Crippen LogP contribution is 2.36. The summed E-state index contributed by atoms with van der Waals surface area (Å²) >= 11 is 0. The molecule has 2 unspecified atom stereocenters. The average molecular weight is 237 g/mol. The van der Waals surface area contributed by atoms with Gasteiger partial charge >= 0.3 is 5.97 Å². The summed E-state index contributed by atoms with van der Waals surface area (Å²) in [6.07, 6.45) is 0.0591. The zero-order valence-electron chi connectivity index (χ0n) is 9.02. The summed E-state index contributed by atoms with van der Waals surface area (Å²) in [6.45, 7) is 2.47. The molecule has 0 saturated carbocycles. The van der Waals surface area contributed by atoms with Gasteiger partial charge in [-0.25, -0.2) is 4.79 Å². The van der Waals surface area contributed by atoms with Crippen molar-refractivity contribution in [3.8, 4) is 0 Å². The van der Waals surface area contributed by atoms with Crippen molar-refractivity contribution in [3.05, 3.63) is 0 Å². The standard InChI is InChI=1S/C8H16NO5P/c1-6(10)9-7(8(11)14-2)4-5-15(3,12)13/h7H,4-5H2,1-3H3,(H,9,10)(H,12,13). The second-order valence-electron chi connectivity index (χ2n) is 3.34. The fourth-order valence-electron chi connectivity index (χ4n) is 1.01. The minimum atomic E-state index is -3.17. The van der Waals surface area contributed by atoms with Crippen LogP contribution in [0.4, 0.5) is 0 Å². The number of carbonyl (C=O) groups excluding carboxylic acids is 2. The molecule has 0 radical (unpaired) electrons. The number of nitrogens with one attached hydrogen (secondary N) is 1. The maximum absolute atomic E-state index is 11.2. The number of esters is 1. The van der Waals surface area contributed by atoms with E-state index in [9.17, 15) is 14.2 Å². The molecule has 0 aliphatic heterocycles. The molecule has 1 amide bonds. The van der Waals surface area contributed by atoms with Crippen molar-refractivity contribution in [2.24, 2.45) is 0 Å². The first kappa shape index (κ1) is 14.1. The van der Waals surface area contributed by atoms with Gasteiger partial charge in [0.25, 0.3) is 0 Å². The molecule has 0 fully saturated rings. The fourth-order valence-corrected chi connectivity index (χ4v) is 1.74. The number of ether oxygens (including phenoxy) is 1. The molecule has 6 nitrogen and oxygen atoms in total. The fraction of sp³-hybridized carbons (Fsp3) is 0.750. The molecule has 88 valence electrons. The Kier molecular flexibility index (Phi) is 5.54. The number of hydrogen-bond donors (Lipinski definition) is 2. The molecule has 0 aromatic rings. The first-order valence-corrected chi connectivity index (χ1v) is 6.69. The molecule has 0 aliphatic rings. The van der Waals surface area contributed by atoms with E-state index in [2.05, 4.69) is 10.1 Å². The summed E-state index contributed by atoms with van der Waals surface area (Å²) in [5, 5.41) is 2.36. The molecular formula is C8H16NO5P. The van der Waals surface area contributed by atoms with Gasteiger partial charge in [-0.15, -0.1) is 0 Å². The van der Waals surface area contributed by atoms with Crippen LogP contribution >= 0.6 is 7.37 Å². The quantitative estimate of drug-likeness (QED) is 0.516. The average Bonchev–Trinajstić information content (AvgIpc) is 2.09. The van der Waals surface area contributed by atoms with E-state index in [1.165, 1.54) is 20.7 Å². The van der Waals surface area contributed by atoms with E-state index in [4.69, 9.17) is 4.89 Å². The topological polar surface area (TPSA) is 92.7 Å². The summed E-state index contributed by atoms with van der Waals surface area (Å²) < 4.78 is 15.5. The third-order valence-electron chi connectivity index (χ3n) is 1.70. The molecule has 0 aromatic carbocycles. The van der Waals surface area contributed by atoms with Crippen LogP contribution in [0.25, 0.3) is 0 Å². The lowest BCUT2D eigenvalue weighted by molar-refractivity contribution is -0.144. The van der Waals surface area contributed by atoms with Crippen LogP contribution in [-0.2, 0) is 18.9 Å². The molecule has 2 atom stereocenters. The van der Waals surface area contributed by atoms with E-state index >= 15 is 0 Å². The van der Waals surface area contributed by atoms with Crippen LogP contribution in [0.3, 0.4) is 0 Å². The van der Waals surface area contributed by atoms with E-state index in [-0.39, 0.29) is 18.5 Å². The molecule has 0 bridgehead atoms. The number of rotatable bonds is 5. The Bertz CT molecular complexity index is 285. The summed E-state index contributed by atoms with van der Waals surface area (Å²) in [7, 11) is -1.98. The first-order chi connectivity index (χ1) is 6.76. The van der Waals surface area contributed by atoms with Gasteiger partial charge in [0.1, 0.15) is 6.04 Å². The Hall–Kier alpha value is -0.870. The zero-order chi connectivity index (χ0) is 12.1. The number of hydrogen-bond acceptors (Lipinski definition) is 4. The highest BCUT2D eigenvalue weighted by molar-refractivity contribution is 7.57. The van der Waals surface area contributed by atoms with Crippen molar-refractivity contribution in [2.75, 3.05) is 19.9 Å². The minimum Gasteiger partial charge on any atom is -0.467 e. The number of carbonyl (C=O) groups is 2. The molecule has 0 heterocycles. The van der Waals surface area contributed by atoms with E-state index in [1.807, 2.05) is 0 Å². The Morgan fingerprint density at radius 3 is 2.40 bits per heavy atom. The maximum Gasteiger partial charge on any atom is 0.328 e. The van der Waals surface area contributed by atoms with Crippen LogP contribution in [0.2, 0.25) is 0 Å². The zero-order valence-corrected chi connectivity index (χ0v) is 9.91. The Morgan fingerprint density at radius 1 is 1.53 bits per heavy atom. The Balaban J connectivity index is 4.32. The second-order valence-corrected chi connectivity index (χ2v) is 5.89. The van der Waals surface area contributed by atoms with E-state index in [0.29, 0.717) is 0 Å². The van der Waals surface area contributed by atoms with E-state index < -0.39 is 19.4 Å². The lowest BCUT2D eigenvalue weighted by Gasteiger charge is -2.15. The first-order valence-electron chi connectivity index (χ1n) is 4.40. The predicted molar refractivity (Wildman–Crippen MR) is 54.9 cm³/mol. The second kappa shape index (κ2) is 5.88. The molecule has 7 heteroatoms. The van der Waals surface area contributed by atoms with Gasteiger partial charge in [0.15, 0.2) is 7.37 Å². The molecule has 0 aliphatic carbocycles. The van der Waals surface area contributed by atoms with E-state index in [0.717, 1.165) is 0 Å². The number of methoxy groups -OCH3 is 1. The molecular weight excluding hydrogens is 221 g/mol. The van der Waals surface area contributed by atoms with Crippen LogP contribution < -0.4 is 5.32 Å². The molecule has 15 heavy (non-hydrogen) atoms. The maximum atomic E-state index is 11.2. The summed E-state index contributed by atoms with van der Waals surface area (Å²) in [5.41, 5.74) is 0.